The zero-order valence-electron chi connectivity index (χ0n) is 10.7. The summed E-state index contributed by atoms with van der Waals surface area (Å²) in [6, 6.07) is 2.02. The van der Waals surface area contributed by atoms with Crippen LogP contribution in [0.3, 0.4) is 0 Å². The molecule has 0 spiro atoms. The van der Waals surface area contributed by atoms with E-state index in [1.165, 1.54) is 0 Å². The van der Waals surface area contributed by atoms with Crippen molar-refractivity contribution in [2.75, 3.05) is 0 Å². The maximum absolute atomic E-state index is 5.86. The van der Waals surface area contributed by atoms with Gasteiger partial charge in [-0.1, -0.05) is 19.6 Å². The van der Waals surface area contributed by atoms with Crippen molar-refractivity contribution in [3.63, 3.8) is 0 Å². The Morgan fingerprint density at radius 1 is 1.41 bits per heavy atom. The monoisotopic (exact) mass is 266 g/mol. The third-order valence-electron chi connectivity index (χ3n) is 2.94. The molecule has 1 atom stereocenters. The first kappa shape index (κ1) is 12.7. The summed E-state index contributed by atoms with van der Waals surface area (Å²) in [5.41, 5.74) is 1.34. The van der Waals surface area contributed by atoms with Gasteiger partial charge in [0.1, 0.15) is 6.61 Å². The minimum Gasteiger partial charge on any atom is -0.374 e. The van der Waals surface area contributed by atoms with Gasteiger partial charge in [0.25, 0.3) is 0 Å². The molecule has 17 heavy (non-hydrogen) atoms. The number of aromatic nitrogens is 2. The van der Waals surface area contributed by atoms with E-state index < -0.39 is 8.07 Å². The second kappa shape index (κ2) is 4.84. The molecule has 3 nitrogen and oxygen atoms in total. The number of nitrogens with zero attached hydrogens (tertiary/aromatic N) is 2. The third kappa shape index (κ3) is 3.11. The van der Waals surface area contributed by atoms with Gasteiger partial charge in [0.2, 0.25) is 0 Å². The fourth-order valence-corrected chi connectivity index (χ4v) is 2.60. The van der Waals surface area contributed by atoms with E-state index in [0.29, 0.717) is 12.3 Å². The highest BCUT2D eigenvalue weighted by molar-refractivity contribution is 7.17. The standard InChI is InChI=1S/C12H18N2OSSi/c1-9(17(2,3)4)15-8-12-13-7-11-10(14-12)5-6-16-11/h5-7,9H,8H2,1-4H3. The predicted molar refractivity (Wildman–Crippen MR) is 75.0 cm³/mol. The molecule has 2 aromatic rings. The van der Waals surface area contributed by atoms with Crippen LogP contribution in [0.2, 0.25) is 19.6 Å². The molecular formula is C12H18N2OSSi. The topological polar surface area (TPSA) is 35.0 Å². The molecule has 5 heteroatoms. The van der Waals surface area contributed by atoms with E-state index in [-0.39, 0.29) is 0 Å². The highest BCUT2D eigenvalue weighted by Crippen LogP contribution is 2.18. The Morgan fingerprint density at radius 2 is 2.18 bits per heavy atom. The average molecular weight is 266 g/mol. The van der Waals surface area contributed by atoms with Gasteiger partial charge in [-0.3, -0.25) is 0 Å². The maximum Gasteiger partial charge on any atom is 0.154 e. The lowest BCUT2D eigenvalue weighted by molar-refractivity contribution is 0.0930. The molecule has 0 aliphatic rings. The van der Waals surface area contributed by atoms with Crippen LogP contribution >= 0.6 is 11.3 Å². The van der Waals surface area contributed by atoms with E-state index in [2.05, 4.69) is 36.5 Å². The van der Waals surface area contributed by atoms with Gasteiger partial charge in [-0.05, 0) is 18.4 Å². The molecule has 0 fully saturated rings. The summed E-state index contributed by atoms with van der Waals surface area (Å²) in [6.07, 6.45) is 1.88. The van der Waals surface area contributed by atoms with E-state index in [1.807, 2.05) is 17.6 Å². The molecule has 2 heterocycles. The van der Waals surface area contributed by atoms with Gasteiger partial charge in [0, 0.05) is 11.9 Å². The molecular weight excluding hydrogens is 248 g/mol. The van der Waals surface area contributed by atoms with Crippen LogP contribution in [0.15, 0.2) is 17.6 Å². The molecule has 0 amide bonds. The van der Waals surface area contributed by atoms with Crippen LogP contribution in [0.1, 0.15) is 12.7 Å². The lowest BCUT2D eigenvalue weighted by Crippen LogP contribution is -2.37. The van der Waals surface area contributed by atoms with E-state index in [0.717, 1.165) is 16.0 Å². The molecule has 0 bridgehead atoms. The van der Waals surface area contributed by atoms with Crippen molar-refractivity contribution in [2.45, 2.75) is 38.9 Å². The van der Waals surface area contributed by atoms with Gasteiger partial charge in [0.05, 0.1) is 18.3 Å². The molecule has 92 valence electrons. The summed E-state index contributed by atoms with van der Waals surface area (Å²) >= 11 is 1.67. The first-order chi connectivity index (χ1) is 7.97. The van der Waals surface area contributed by atoms with Crippen LogP contribution in [0.25, 0.3) is 10.2 Å². The van der Waals surface area contributed by atoms with E-state index >= 15 is 0 Å². The first-order valence-corrected chi connectivity index (χ1v) is 10.2. The summed E-state index contributed by atoms with van der Waals surface area (Å²) in [4.78, 5) is 8.80. The Kier molecular flexibility index (Phi) is 3.60. The Bertz CT molecular complexity index is 506. The van der Waals surface area contributed by atoms with Gasteiger partial charge >= 0.3 is 0 Å². The summed E-state index contributed by atoms with van der Waals surface area (Å²) in [5.74, 6) is 0.779. The number of ether oxygens (including phenoxy) is 1. The third-order valence-corrected chi connectivity index (χ3v) is 6.38. The van der Waals surface area contributed by atoms with Crippen molar-refractivity contribution in [3.05, 3.63) is 23.5 Å². The second-order valence-corrected chi connectivity index (χ2v) is 11.8. The molecule has 0 saturated carbocycles. The lowest BCUT2D eigenvalue weighted by atomic mass is 10.4. The SMILES string of the molecule is CC(OCc1ncc2sccc2n1)[Si](C)(C)C. The van der Waals surface area contributed by atoms with Crippen molar-refractivity contribution in [1.29, 1.82) is 0 Å². The van der Waals surface area contributed by atoms with Gasteiger partial charge in [-0.15, -0.1) is 11.3 Å². The number of hydrogen-bond donors (Lipinski definition) is 0. The molecule has 0 radical (unpaired) electrons. The van der Waals surface area contributed by atoms with Crippen LogP contribution in [0.5, 0.6) is 0 Å². The highest BCUT2D eigenvalue weighted by Gasteiger charge is 2.23. The Balaban J connectivity index is 2.03. The van der Waals surface area contributed by atoms with E-state index in [9.17, 15) is 0 Å². The Labute approximate surface area is 107 Å². The largest absolute Gasteiger partial charge is 0.374 e. The smallest absolute Gasteiger partial charge is 0.154 e. The highest BCUT2D eigenvalue weighted by atomic mass is 32.1. The van der Waals surface area contributed by atoms with Gasteiger partial charge in [0.15, 0.2) is 5.82 Å². The molecule has 2 aromatic heterocycles. The minimum absolute atomic E-state index is 0.323. The molecule has 0 N–H and O–H groups in total. The van der Waals surface area contributed by atoms with Crippen molar-refractivity contribution in [2.24, 2.45) is 0 Å². The Morgan fingerprint density at radius 3 is 2.88 bits per heavy atom. The zero-order chi connectivity index (χ0) is 12.5. The normalized spacial score (nSPS) is 14.1. The van der Waals surface area contributed by atoms with Gasteiger partial charge in [-0.2, -0.15) is 0 Å². The molecule has 0 aliphatic carbocycles. The first-order valence-electron chi connectivity index (χ1n) is 5.77. The molecule has 1 unspecified atom stereocenters. The number of rotatable bonds is 4. The number of thiophene rings is 1. The maximum atomic E-state index is 5.86. The lowest BCUT2D eigenvalue weighted by Gasteiger charge is -2.24. The van der Waals surface area contributed by atoms with E-state index in [4.69, 9.17) is 4.74 Å². The van der Waals surface area contributed by atoms with Crippen molar-refractivity contribution in [3.8, 4) is 0 Å². The predicted octanol–water partition coefficient (Wildman–Crippen LogP) is 3.47. The number of hydrogen-bond acceptors (Lipinski definition) is 4. The number of fused-ring (bicyclic) bond motifs is 1. The van der Waals surface area contributed by atoms with Crippen LogP contribution in [-0.4, -0.2) is 23.8 Å². The summed E-state index contributed by atoms with van der Waals surface area (Å²) in [5, 5.41) is 2.04. The summed E-state index contributed by atoms with van der Waals surface area (Å²) < 4.78 is 6.99. The van der Waals surface area contributed by atoms with Crippen molar-refractivity contribution >= 4 is 29.6 Å². The van der Waals surface area contributed by atoms with Crippen LogP contribution in [0, 0.1) is 0 Å². The van der Waals surface area contributed by atoms with Crippen LogP contribution in [-0.2, 0) is 11.3 Å². The quantitative estimate of drug-likeness (QED) is 0.795. The zero-order valence-corrected chi connectivity index (χ0v) is 12.5. The second-order valence-electron chi connectivity index (χ2n) is 5.28. The van der Waals surface area contributed by atoms with E-state index in [1.54, 1.807) is 11.3 Å². The van der Waals surface area contributed by atoms with Gasteiger partial charge in [-0.25, -0.2) is 9.97 Å². The molecule has 2 rings (SSSR count). The average Bonchev–Trinajstić information content (AvgIpc) is 2.71. The van der Waals surface area contributed by atoms with Crippen LogP contribution in [0.4, 0.5) is 0 Å². The summed E-state index contributed by atoms with van der Waals surface area (Å²) in [6.45, 7) is 9.58. The molecule has 0 aliphatic heterocycles. The van der Waals surface area contributed by atoms with Crippen molar-refractivity contribution < 1.29 is 4.74 Å². The van der Waals surface area contributed by atoms with Crippen molar-refractivity contribution in [1.82, 2.24) is 9.97 Å². The fourth-order valence-electron chi connectivity index (χ4n) is 1.32. The summed E-state index contributed by atoms with van der Waals surface area (Å²) in [7, 11) is -1.23. The Hall–Kier alpha value is -0.783. The molecule has 0 saturated heterocycles. The fraction of sp³-hybridized carbons (Fsp3) is 0.500. The van der Waals surface area contributed by atoms with Crippen LogP contribution < -0.4 is 0 Å². The molecule has 0 aromatic carbocycles. The van der Waals surface area contributed by atoms with Gasteiger partial charge < -0.3 is 4.74 Å². The minimum atomic E-state index is -1.23.